The third kappa shape index (κ3) is 5.59. The molecule has 1 aromatic carbocycles. The number of amides is 5. The number of rotatable bonds is 7. The predicted octanol–water partition coefficient (Wildman–Crippen LogP) is 3.97. The van der Waals surface area contributed by atoms with Crippen molar-refractivity contribution >= 4 is 23.8 Å². The molecule has 4 aliphatic rings. The van der Waals surface area contributed by atoms with E-state index in [1.165, 1.54) is 22.4 Å². The van der Waals surface area contributed by atoms with Gasteiger partial charge in [0.15, 0.2) is 0 Å². The van der Waals surface area contributed by atoms with E-state index in [2.05, 4.69) is 12.1 Å². The van der Waals surface area contributed by atoms with E-state index >= 15 is 0 Å². The smallest absolute Gasteiger partial charge is 0.327 e. The van der Waals surface area contributed by atoms with Crippen LogP contribution < -0.4 is 0 Å². The van der Waals surface area contributed by atoms with E-state index in [1.54, 1.807) is 4.90 Å². The van der Waals surface area contributed by atoms with Crippen LogP contribution in [0.3, 0.4) is 0 Å². The summed E-state index contributed by atoms with van der Waals surface area (Å²) in [7, 11) is 1.86. The van der Waals surface area contributed by atoms with Gasteiger partial charge in [0.05, 0.1) is 5.92 Å². The fraction of sp³-hybridized carbons (Fsp3) is 0.667. The second kappa shape index (κ2) is 11.9. The molecule has 2 unspecified atom stereocenters. The summed E-state index contributed by atoms with van der Waals surface area (Å²) in [6.45, 7) is 1.57. The molecule has 0 spiro atoms. The number of urea groups is 1. The maximum Gasteiger partial charge on any atom is 0.327 e. The van der Waals surface area contributed by atoms with Gasteiger partial charge in [-0.2, -0.15) is 0 Å². The van der Waals surface area contributed by atoms with Crippen molar-refractivity contribution < 1.29 is 19.2 Å². The summed E-state index contributed by atoms with van der Waals surface area (Å²) in [6, 6.07) is 7.91. The van der Waals surface area contributed by atoms with Crippen molar-refractivity contribution in [2.45, 2.75) is 95.7 Å². The summed E-state index contributed by atoms with van der Waals surface area (Å²) in [5, 5.41) is 0. The molecular formula is C30H42N4O4. The monoisotopic (exact) mass is 522 g/mol. The molecule has 2 atom stereocenters. The summed E-state index contributed by atoms with van der Waals surface area (Å²) in [6.07, 6.45) is 10.6. The summed E-state index contributed by atoms with van der Waals surface area (Å²) < 4.78 is 0. The van der Waals surface area contributed by atoms with Crippen LogP contribution in [0.2, 0.25) is 0 Å². The minimum atomic E-state index is -0.358. The highest BCUT2D eigenvalue weighted by atomic mass is 16.2. The number of fused-ring (bicyclic) bond motifs is 2. The normalized spacial score (nSPS) is 24.2. The molecule has 1 aromatic rings. The number of carbonyl (C=O) groups is 4. The van der Waals surface area contributed by atoms with Gasteiger partial charge in [0.1, 0.15) is 6.54 Å². The predicted molar refractivity (Wildman–Crippen MR) is 144 cm³/mol. The van der Waals surface area contributed by atoms with Crippen LogP contribution in [-0.4, -0.2) is 82.1 Å². The Labute approximate surface area is 226 Å². The van der Waals surface area contributed by atoms with Crippen LogP contribution in [0.15, 0.2) is 24.3 Å². The summed E-state index contributed by atoms with van der Waals surface area (Å²) in [4.78, 5) is 59.9. The lowest BCUT2D eigenvalue weighted by Gasteiger charge is -2.47. The van der Waals surface area contributed by atoms with Gasteiger partial charge in [-0.15, -0.1) is 0 Å². The van der Waals surface area contributed by atoms with Crippen LogP contribution in [0.5, 0.6) is 0 Å². The van der Waals surface area contributed by atoms with Gasteiger partial charge in [-0.1, -0.05) is 56.4 Å². The number of nitrogens with zero attached hydrogens (tertiary/aromatic N) is 4. The molecule has 2 aliphatic heterocycles. The highest BCUT2D eigenvalue weighted by Crippen LogP contribution is 2.35. The molecule has 5 amide bonds. The first-order valence-electron chi connectivity index (χ1n) is 14.7. The van der Waals surface area contributed by atoms with E-state index in [1.807, 2.05) is 29.0 Å². The molecule has 3 fully saturated rings. The first kappa shape index (κ1) is 26.7. The molecule has 8 nitrogen and oxygen atoms in total. The number of hydrogen-bond donors (Lipinski definition) is 0. The maximum absolute atomic E-state index is 13.6. The van der Waals surface area contributed by atoms with Crippen molar-refractivity contribution in [3.05, 3.63) is 35.4 Å². The van der Waals surface area contributed by atoms with Gasteiger partial charge < -0.3 is 14.7 Å². The average Bonchev–Trinajstić information content (AvgIpc) is 2.96. The first-order valence-corrected chi connectivity index (χ1v) is 14.7. The Hall–Kier alpha value is -2.90. The molecular weight excluding hydrogens is 480 g/mol. The molecule has 0 bridgehead atoms. The molecule has 206 valence electrons. The number of carbonyl (C=O) groups excluding carboxylic acids is 4. The van der Waals surface area contributed by atoms with Crippen LogP contribution in [0.25, 0.3) is 0 Å². The van der Waals surface area contributed by atoms with Gasteiger partial charge in [-0.25, -0.2) is 4.79 Å². The first-order chi connectivity index (χ1) is 18.4. The van der Waals surface area contributed by atoms with E-state index in [-0.39, 0.29) is 54.8 Å². The van der Waals surface area contributed by atoms with E-state index in [0.717, 1.165) is 57.8 Å². The van der Waals surface area contributed by atoms with Crippen molar-refractivity contribution in [1.82, 2.24) is 19.6 Å². The van der Waals surface area contributed by atoms with E-state index in [9.17, 15) is 19.2 Å². The minimum Gasteiger partial charge on any atom is -0.341 e. The summed E-state index contributed by atoms with van der Waals surface area (Å²) >= 11 is 0. The third-order valence-corrected chi connectivity index (χ3v) is 9.27. The van der Waals surface area contributed by atoms with Gasteiger partial charge in [-0.3, -0.25) is 19.3 Å². The largest absolute Gasteiger partial charge is 0.341 e. The molecule has 0 radical (unpaired) electrons. The third-order valence-electron chi connectivity index (χ3n) is 9.27. The summed E-state index contributed by atoms with van der Waals surface area (Å²) in [5.41, 5.74) is 2.49. The highest BCUT2D eigenvalue weighted by molar-refractivity contribution is 6.00. The zero-order valence-electron chi connectivity index (χ0n) is 22.8. The molecule has 2 saturated carbocycles. The van der Waals surface area contributed by atoms with Gasteiger partial charge >= 0.3 is 6.03 Å². The lowest BCUT2D eigenvalue weighted by atomic mass is 9.81. The second-order valence-electron chi connectivity index (χ2n) is 11.6. The van der Waals surface area contributed by atoms with Gasteiger partial charge in [0.2, 0.25) is 17.7 Å². The zero-order valence-corrected chi connectivity index (χ0v) is 22.8. The molecule has 8 heteroatoms. The molecule has 38 heavy (non-hydrogen) atoms. The van der Waals surface area contributed by atoms with Crippen LogP contribution in [0.4, 0.5) is 4.79 Å². The quantitative estimate of drug-likeness (QED) is 0.543. The molecule has 1 saturated heterocycles. The highest BCUT2D eigenvalue weighted by Gasteiger charge is 2.47. The molecule has 0 N–H and O–H groups in total. The van der Waals surface area contributed by atoms with E-state index in [0.29, 0.717) is 25.9 Å². The van der Waals surface area contributed by atoms with E-state index in [4.69, 9.17) is 0 Å². The standard InChI is InChI=1S/C30H42N4O4/c1-31(24-12-3-2-4-13-24)28(36)21-34-26-15-8-7-14-25(26)29(37)33(30(34)38)18-9-16-27(35)32-19-17-22-10-5-6-11-23(22)20-32/h5-6,10-11,24-26H,2-4,7-9,12-21H2,1H3. The van der Waals surface area contributed by atoms with Crippen molar-refractivity contribution in [2.24, 2.45) is 5.92 Å². The van der Waals surface area contributed by atoms with Crippen molar-refractivity contribution in [2.75, 3.05) is 26.7 Å². The number of hydrogen-bond acceptors (Lipinski definition) is 4. The zero-order chi connectivity index (χ0) is 26.6. The van der Waals surface area contributed by atoms with Crippen LogP contribution in [0, 0.1) is 5.92 Å². The molecule has 2 aliphatic carbocycles. The number of imide groups is 1. The molecule has 2 heterocycles. The summed E-state index contributed by atoms with van der Waals surface area (Å²) in [5.74, 6) is -0.343. The lowest BCUT2D eigenvalue weighted by Crippen LogP contribution is -2.64. The topological polar surface area (TPSA) is 81.2 Å². The fourth-order valence-electron chi connectivity index (χ4n) is 6.94. The SMILES string of the molecule is CN(C(=O)CN1C(=O)N(CCCC(=O)N2CCc3ccccc3C2)C(=O)C2CCCCC21)C1CCCCC1. The lowest BCUT2D eigenvalue weighted by molar-refractivity contribution is -0.144. The molecule has 0 aromatic heterocycles. The second-order valence-corrected chi connectivity index (χ2v) is 11.6. The van der Waals surface area contributed by atoms with Crippen LogP contribution >= 0.6 is 0 Å². The van der Waals surface area contributed by atoms with Crippen molar-refractivity contribution in [3.63, 3.8) is 0 Å². The van der Waals surface area contributed by atoms with E-state index < -0.39 is 0 Å². The van der Waals surface area contributed by atoms with Gasteiger partial charge in [-0.05, 0) is 49.7 Å². The fourth-order valence-corrected chi connectivity index (χ4v) is 6.94. The van der Waals surface area contributed by atoms with Crippen molar-refractivity contribution in [3.8, 4) is 0 Å². The van der Waals surface area contributed by atoms with Crippen molar-refractivity contribution in [1.29, 1.82) is 0 Å². The average molecular weight is 523 g/mol. The Bertz CT molecular complexity index is 1050. The Morgan fingerprint density at radius 1 is 0.947 bits per heavy atom. The van der Waals surface area contributed by atoms with Crippen LogP contribution in [-0.2, 0) is 27.3 Å². The Morgan fingerprint density at radius 2 is 1.66 bits per heavy atom. The Kier molecular flexibility index (Phi) is 8.34. The number of likely N-dealkylation sites (N-methyl/N-ethyl adjacent to an activating group) is 1. The Morgan fingerprint density at radius 3 is 2.45 bits per heavy atom. The maximum atomic E-state index is 13.6. The molecule has 5 rings (SSSR count). The number of benzene rings is 1. The Balaban J connectivity index is 1.20. The minimum absolute atomic E-state index is 0.0307. The van der Waals surface area contributed by atoms with Crippen LogP contribution in [0.1, 0.15) is 81.8 Å². The van der Waals surface area contributed by atoms with Gasteiger partial charge in [0.25, 0.3) is 0 Å². The van der Waals surface area contributed by atoms with Gasteiger partial charge in [0, 0.05) is 45.2 Å².